The highest BCUT2D eigenvalue weighted by molar-refractivity contribution is 8.30. The van der Waals surface area contributed by atoms with Gasteiger partial charge in [-0.05, 0) is 37.1 Å². The first kappa shape index (κ1) is 30.0. The summed E-state index contributed by atoms with van der Waals surface area (Å²) in [7, 11) is -4.15. The van der Waals surface area contributed by atoms with Crippen molar-refractivity contribution in [2.75, 3.05) is 23.7 Å². The molecule has 0 unspecified atom stereocenters. The van der Waals surface area contributed by atoms with Crippen molar-refractivity contribution in [3.8, 4) is 0 Å². The summed E-state index contributed by atoms with van der Waals surface area (Å²) in [6, 6.07) is 7.43. The number of benzene rings is 1. The molecule has 2 aliphatic heterocycles. The maximum atomic E-state index is 13.4. The van der Waals surface area contributed by atoms with Gasteiger partial charge in [0.25, 0.3) is 21.6 Å². The zero-order chi connectivity index (χ0) is 29.4. The molecule has 0 bridgehead atoms. The van der Waals surface area contributed by atoms with Crippen molar-refractivity contribution in [3.05, 3.63) is 54.9 Å². The summed E-state index contributed by atoms with van der Waals surface area (Å²) in [5, 5.41) is 19.2. The van der Waals surface area contributed by atoms with Crippen LogP contribution in [0.2, 0.25) is 0 Å². The lowest BCUT2D eigenvalue weighted by Gasteiger charge is -2.20. The molecule has 1 amide bonds. The van der Waals surface area contributed by atoms with Gasteiger partial charge in [0.15, 0.2) is 0 Å². The Morgan fingerprint density at radius 2 is 1.73 bits per heavy atom. The number of carbonyl (C=O) groups is 3. The lowest BCUT2D eigenvalue weighted by atomic mass is 10.2. The minimum atomic E-state index is -4.15. The first-order valence-corrected chi connectivity index (χ1v) is 15.9. The summed E-state index contributed by atoms with van der Waals surface area (Å²) < 4.78 is 32.8. The molecule has 0 spiro atoms. The first-order chi connectivity index (χ1) is 18.8. The summed E-state index contributed by atoms with van der Waals surface area (Å²) in [5.74, 6) is -3.74. The molecular formula is C23H21N3O9S5. The number of amides is 1. The fraction of sp³-hybridized carbons (Fsp3) is 0.261. The predicted octanol–water partition coefficient (Wildman–Crippen LogP) is 0.950. The number of carbonyl (C=O) groups excluding carboxylic acids is 1. The number of rotatable bonds is 9. The van der Waals surface area contributed by atoms with Crippen LogP contribution in [0.4, 0.5) is 5.69 Å². The fourth-order valence-electron chi connectivity index (χ4n) is 3.95. The number of thiocarbonyl (C=S) groups is 1. The van der Waals surface area contributed by atoms with Gasteiger partial charge in [-0.15, -0.1) is 11.3 Å². The number of anilines is 1. The van der Waals surface area contributed by atoms with Crippen molar-refractivity contribution in [2.24, 2.45) is 0 Å². The number of hydrogen-bond donors (Lipinski definition) is 3. The number of carboxylic acid groups (broad SMARTS) is 2. The number of para-hydroxylation sites is 1. The van der Waals surface area contributed by atoms with E-state index in [-0.39, 0.29) is 31.4 Å². The van der Waals surface area contributed by atoms with Crippen molar-refractivity contribution in [2.45, 2.75) is 24.8 Å². The van der Waals surface area contributed by atoms with Crippen LogP contribution < -0.4 is 19.7 Å². The summed E-state index contributed by atoms with van der Waals surface area (Å²) in [6.45, 7) is 0.532. The quantitative estimate of drug-likeness (QED) is 0.261. The molecule has 0 radical (unpaired) electrons. The number of thioether (sulfide) groups is 2. The lowest BCUT2D eigenvalue weighted by molar-refractivity contribution is -0.140. The molecule has 212 valence electrons. The SMILES string of the molecule is CC(C=C1Sc2ccccc2N1CCCS(=O)(=O)O)=c1sc(=C2SC(=S)N(CC(=O)O)C2=O)n(CC(=O)O)c1=O. The summed E-state index contributed by atoms with van der Waals surface area (Å²) in [4.78, 5) is 52.7. The number of thiazole rings is 1. The molecule has 1 aromatic carbocycles. The normalized spacial score (nSPS) is 18.5. The maximum Gasteiger partial charge on any atom is 0.323 e. The number of allylic oxidation sites excluding steroid dienone is 1. The van der Waals surface area contributed by atoms with Crippen LogP contribution in [-0.2, 0) is 31.0 Å². The Balaban J connectivity index is 1.84. The number of carboxylic acids is 2. The van der Waals surface area contributed by atoms with Crippen molar-refractivity contribution < 1.29 is 37.6 Å². The summed E-state index contributed by atoms with van der Waals surface area (Å²) in [5.41, 5.74) is 0.655. The molecule has 1 aromatic heterocycles. The minimum Gasteiger partial charge on any atom is -0.480 e. The number of hydrogen-bond acceptors (Lipinski definition) is 11. The standard InChI is InChI=1S/C23H21N3O9S5/c1-12(9-15-24(7-4-8-40(33,34)35)13-5-2-3-6-14(13)37-15)18-20(31)25(10-16(27)28)22(38-18)19-21(32)26(11-17(29)30)23(36)39-19/h2-3,5-6,9H,4,7-8,10-11H2,1H3,(H,27,28)(H,29,30)(H,33,34,35). The van der Waals surface area contributed by atoms with E-state index in [2.05, 4.69) is 0 Å². The summed E-state index contributed by atoms with van der Waals surface area (Å²) in [6.07, 6.45) is 1.86. The highest BCUT2D eigenvalue weighted by Gasteiger charge is 2.35. The molecule has 2 aromatic rings. The fourth-order valence-corrected chi connectivity index (χ4v) is 8.16. The number of aliphatic carboxylic acids is 2. The second kappa shape index (κ2) is 11.9. The maximum absolute atomic E-state index is 13.4. The molecule has 0 aliphatic carbocycles. The van der Waals surface area contributed by atoms with E-state index in [9.17, 15) is 32.7 Å². The van der Waals surface area contributed by atoms with Gasteiger partial charge in [0.2, 0.25) is 0 Å². The van der Waals surface area contributed by atoms with Crippen molar-refractivity contribution in [1.82, 2.24) is 9.47 Å². The van der Waals surface area contributed by atoms with Gasteiger partial charge in [0.1, 0.15) is 27.0 Å². The zero-order valence-corrected chi connectivity index (χ0v) is 24.7. The van der Waals surface area contributed by atoms with Gasteiger partial charge in [0.05, 0.1) is 21.0 Å². The third-order valence-corrected chi connectivity index (χ3v) is 10.4. The summed E-state index contributed by atoms with van der Waals surface area (Å²) >= 11 is 8.25. The Hall–Kier alpha value is -2.96. The molecule has 12 nitrogen and oxygen atoms in total. The van der Waals surface area contributed by atoms with Crippen LogP contribution in [-0.4, -0.2) is 73.7 Å². The smallest absolute Gasteiger partial charge is 0.323 e. The van der Waals surface area contributed by atoms with Crippen LogP contribution in [0, 0.1) is 0 Å². The van der Waals surface area contributed by atoms with Gasteiger partial charge < -0.3 is 15.1 Å². The average molecular weight is 644 g/mol. The van der Waals surface area contributed by atoms with Gasteiger partial charge in [-0.2, -0.15) is 8.42 Å². The van der Waals surface area contributed by atoms with Crippen LogP contribution in [0.3, 0.4) is 0 Å². The zero-order valence-electron chi connectivity index (χ0n) is 20.6. The highest BCUT2D eigenvalue weighted by Crippen LogP contribution is 2.46. The molecule has 0 atom stereocenters. The molecular weight excluding hydrogens is 623 g/mol. The largest absolute Gasteiger partial charge is 0.480 e. The molecule has 4 rings (SSSR count). The molecule has 2 aliphatic rings. The van der Waals surface area contributed by atoms with E-state index in [4.69, 9.17) is 21.9 Å². The molecule has 3 heterocycles. The van der Waals surface area contributed by atoms with Gasteiger partial charge in [-0.25, -0.2) is 0 Å². The van der Waals surface area contributed by atoms with Crippen LogP contribution >= 0.6 is 47.1 Å². The van der Waals surface area contributed by atoms with Crippen molar-refractivity contribution in [3.63, 3.8) is 0 Å². The van der Waals surface area contributed by atoms with E-state index in [0.717, 1.165) is 43.1 Å². The van der Waals surface area contributed by atoms with E-state index < -0.39 is 52.4 Å². The molecule has 0 saturated carbocycles. The van der Waals surface area contributed by atoms with E-state index in [1.54, 1.807) is 13.0 Å². The van der Waals surface area contributed by atoms with Crippen molar-refractivity contribution >= 4 is 95.5 Å². The molecule has 3 N–H and O–H groups in total. The van der Waals surface area contributed by atoms with E-state index in [1.165, 1.54) is 11.8 Å². The minimum absolute atomic E-state index is 0.0184. The van der Waals surface area contributed by atoms with E-state index >= 15 is 0 Å². The number of fused-ring (bicyclic) bond motifs is 1. The Labute approximate surface area is 245 Å². The van der Waals surface area contributed by atoms with Gasteiger partial charge in [0, 0.05) is 11.4 Å². The van der Waals surface area contributed by atoms with Gasteiger partial charge in [-0.3, -0.25) is 33.2 Å². The second-order valence-electron chi connectivity index (χ2n) is 8.53. The number of aromatic nitrogens is 1. The third-order valence-electron chi connectivity index (χ3n) is 5.63. The Kier molecular flexibility index (Phi) is 8.91. The highest BCUT2D eigenvalue weighted by atomic mass is 32.2. The average Bonchev–Trinajstić information content (AvgIpc) is 3.45. The first-order valence-electron chi connectivity index (χ1n) is 11.4. The Bertz CT molecular complexity index is 1760. The third kappa shape index (κ3) is 6.50. The molecule has 1 saturated heterocycles. The Morgan fingerprint density at radius 1 is 1.05 bits per heavy atom. The van der Waals surface area contributed by atoms with Crippen LogP contribution in [0.15, 0.2) is 45.1 Å². The Morgan fingerprint density at radius 3 is 2.38 bits per heavy atom. The molecule has 17 heteroatoms. The number of nitrogens with zero attached hydrogens (tertiary/aromatic N) is 3. The topological polar surface area (TPSA) is 175 Å². The van der Waals surface area contributed by atoms with Gasteiger partial charge in [-0.1, -0.05) is 47.9 Å². The van der Waals surface area contributed by atoms with E-state index in [1.807, 2.05) is 29.2 Å². The van der Waals surface area contributed by atoms with Crippen LogP contribution in [0.25, 0.3) is 10.5 Å². The van der Waals surface area contributed by atoms with Crippen LogP contribution in [0.5, 0.6) is 0 Å². The van der Waals surface area contributed by atoms with Crippen molar-refractivity contribution in [1.29, 1.82) is 0 Å². The molecule has 1 fully saturated rings. The lowest BCUT2D eigenvalue weighted by Crippen LogP contribution is -2.37. The monoisotopic (exact) mass is 643 g/mol. The second-order valence-corrected chi connectivity index (χ2v) is 13.8. The predicted molar refractivity (Wildman–Crippen MR) is 156 cm³/mol. The van der Waals surface area contributed by atoms with Gasteiger partial charge >= 0.3 is 11.9 Å². The van der Waals surface area contributed by atoms with Crippen LogP contribution in [0.1, 0.15) is 13.3 Å². The van der Waals surface area contributed by atoms with E-state index in [0.29, 0.717) is 10.6 Å². The molecule has 40 heavy (non-hydrogen) atoms.